The number of rotatable bonds is 7. The summed E-state index contributed by atoms with van der Waals surface area (Å²) in [7, 11) is 0. The number of hydrogen-bond acceptors (Lipinski definition) is 7. The molecular formula is C23H24ClN5O2. The van der Waals surface area contributed by atoms with Crippen molar-refractivity contribution in [3.8, 4) is 11.1 Å². The van der Waals surface area contributed by atoms with Gasteiger partial charge in [-0.1, -0.05) is 41.9 Å². The Labute approximate surface area is 185 Å². The number of benzene rings is 2. The fourth-order valence-corrected chi connectivity index (χ4v) is 3.68. The van der Waals surface area contributed by atoms with E-state index < -0.39 is 6.23 Å². The van der Waals surface area contributed by atoms with Crippen LogP contribution in [0.3, 0.4) is 0 Å². The Morgan fingerprint density at radius 3 is 2.68 bits per heavy atom. The highest BCUT2D eigenvalue weighted by Gasteiger charge is 2.15. The van der Waals surface area contributed by atoms with Gasteiger partial charge in [-0.3, -0.25) is 0 Å². The number of aryl methyl sites for hydroxylation is 2. The van der Waals surface area contributed by atoms with Gasteiger partial charge in [-0.2, -0.15) is 4.98 Å². The van der Waals surface area contributed by atoms with Crippen LogP contribution in [0.25, 0.3) is 22.0 Å². The van der Waals surface area contributed by atoms with Crippen molar-refractivity contribution >= 4 is 34.3 Å². The summed E-state index contributed by atoms with van der Waals surface area (Å²) in [5.41, 5.74) is 4.56. The van der Waals surface area contributed by atoms with Crippen LogP contribution in [0.4, 0.5) is 11.8 Å². The lowest BCUT2D eigenvalue weighted by atomic mass is 10.0. The third-order valence-corrected chi connectivity index (χ3v) is 5.28. The predicted molar refractivity (Wildman–Crippen MR) is 123 cm³/mol. The molecule has 0 saturated carbocycles. The minimum Gasteiger partial charge on any atom is -0.374 e. The van der Waals surface area contributed by atoms with Crippen LogP contribution < -0.4 is 10.6 Å². The zero-order valence-corrected chi connectivity index (χ0v) is 18.4. The molecule has 0 fully saturated rings. The standard InChI is InChI=1S/C23H24ClN5O2/c1-4-20(30)27-23-26-19-9-8-16(21-13(2)29-31-14(21)3)11-18(19)22(28-23)25-12-15-6-5-7-17(24)10-15/h5-11,20,30H,4,12H2,1-3H3,(H2,25,26,27,28). The van der Waals surface area contributed by atoms with Crippen LogP contribution in [0.2, 0.25) is 5.02 Å². The van der Waals surface area contributed by atoms with Crippen LogP contribution in [0.1, 0.15) is 30.4 Å². The number of fused-ring (bicyclic) bond motifs is 1. The highest BCUT2D eigenvalue weighted by atomic mass is 35.5. The number of anilines is 2. The maximum Gasteiger partial charge on any atom is 0.227 e. The second-order valence-electron chi connectivity index (χ2n) is 7.38. The molecule has 0 saturated heterocycles. The fourth-order valence-electron chi connectivity index (χ4n) is 3.46. The van der Waals surface area contributed by atoms with Gasteiger partial charge in [-0.15, -0.1) is 0 Å². The largest absolute Gasteiger partial charge is 0.374 e. The van der Waals surface area contributed by atoms with Crippen LogP contribution in [0.5, 0.6) is 0 Å². The number of halogens is 1. The van der Waals surface area contributed by atoms with Crippen molar-refractivity contribution in [1.29, 1.82) is 0 Å². The predicted octanol–water partition coefficient (Wildman–Crippen LogP) is 5.31. The second-order valence-corrected chi connectivity index (χ2v) is 7.82. The first-order valence-corrected chi connectivity index (χ1v) is 10.5. The van der Waals surface area contributed by atoms with Crippen molar-refractivity contribution in [3.63, 3.8) is 0 Å². The highest BCUT2D eigenvalue weighted by Crippen LogP contribution is 2.32. The molecule has 8 heteroatoms. The Hall–Kier alpha value is -3.16. The number of nitrogens with one attached hydrogen (secondary N) is 2. The smallest absolute Gasteiger partial charge is 0.227 e. The van der Waals surface area contributed by atoms with Crippen LogP contribution >= 0.6 is 11.6 Å². The van der Waals surface area contributed by atoms with E-state index in [1.54, 1.807) is 0 Å². The van der Waals surface area contributed by atoms with E-state index in [0.29, 0.717) is 29.8 Å². The monoisotopic (exact) mass is 437 g/mol. The Kier molecular flexibility index (Phi) is 6.06. The number of aliphatic hydroxyl groups is 1. The molecular weight excluding hydrogens is 414 g/mol. The van der Waals surface area contributed by atoms with Crippen molar-refractivity contribution in [2.75, 3.05) is 10.6 Å². The lowest BCUT2D eigenvalue weighted by Crippen LogP contribution is -2.19. The summed E-state index contributed by atoms with van der Waals surface area (Å²) in [5.74, 6) is 1.78. The molecule has 160 valence electrons. The number of hydrogen-bond donors (Lipinski definition) is 3. The molecule has 3 N–H and O–H groups in total. The minimum absolute atomic E-state index is 0.362. The molecule has 2 aromatic heterocycles. The molecule has 1 atom stereocenters. The van der Waals surface area contributed by atoms with Gasteiger partial charge in [0.15, 0.2) is 0 Å². The second kappa shape index (κ2) is 8.91. The number of aromatic nitrogens is 3. The van der Waals surface area contributed by atoms with Crippen molar-refractivity contribution in [1.82, 2.24) is 15.1 Å². The third kappa shape index (κ3) is 4.62. The van der Waals surface area contributed by atoms with E-state index in [1.807, 2.05) is 63.2 Å². The summed E-state index contributed by atoms with van der Waals surface area (Å²) in [6, 6.07) is 13.6. The van der Waals surface area contributed by atoms with Gasteiger partial charge in [-0.25, -0.2) is 4.98 Å². The molecule has 7 nitrogen and oxygen atoms in total. The minimum atomic E-state index is -0.722. The van der Waals surface area contributed by atoms with E-state index in [-0.39, 0.29) is 0 Å². The van der Waals surface area contributed by atoms with E-state index in [2.05, 4.69) is 25.8 Å². The summed E-state index contributed by atoms with van der Waals surface area (Å²) in [6.07, 6.45) is -0.183. The molecule has 4 aromatic rings. The van der Waals surface area contributed by atoms with Gasteiger partial charge in [-0.05, 0) is 55.7 Å². The van der Waals surface area contributed by atoms with Gasteiger partial charge in [0.2, 0.25) is 5.95 Å². The first kappa shape index (κ1) is 21.1. The van der Waals surface area contributed by atoms with Gasteiger partial charge >= 0.3 is 0 Å². The topological polar surface area (TPSA) is 96.1 Å². The quantitative estimate of drug-likeness (QED) is 0.337. The molecule has 2 heterocycles. The van der Waals surface area contributed by atoms with Gasteiger partial charge < -0.3 is 20.3 Å². The molecule has 0 spiro atoms. The van der Waals surface area contributed by atoms with Gasteiger partial charge in [0.1, 0.15) is 17.8 Å². The maximum absolute atomic E-state index is 10.00. The molecule has 0 aliphatic heterocycles. The summed E-state index contributed by atoms with van der Waals surface area (Å²) in [6.45, 7) is 6.24. The zero-order chi connectivity index (χ0) is 22.0. The molecule has 0 radical (unpaired) electrons. The molecule has 0 bridgehead atoms. The third-order valence-electron chi connectivity index (χ3n) is 5.05. The van der Waals surface area contributed by atoms with Crippen LogP contribution in [0, 0.1) is 13.8 Å². The first-order chi connectivity index (χ1) is 14.9. The van der Waals surface area contributed by atoms with Crippen LogP contribution in [-0.4, -0.2) is 26.5 Å². The average molecular weight is 438 g/mol. The summed E-state index contributed by atoms with van der Waals surface area (Å²) in [5, 5.41) is 21.9. The summed E-state index contributed by atoms with van der Waals surface area (Å²) in [4.78, 5) is 9.21. The van der Waals surface area contributed by atoms with Gasteiger partial charge in [0.05, 0.1) is 11.2 Å². The van der Waals surface area contributed by atoms with E-state index in [9.17, 15) is 5.11 Å². The zero-order valence-electron chi connectivity index (χ0n) is 17.6. The molecule has 0 amide bonds. The Morgan fingerprint density at radius 1 is 1.13 bits per heavy atom. The Balaban J connectivity index is 1.77. The molecule has 4 rings (SSSR count). The van der Waals surface area contributed by atoms with E-state index >= 15 is 0 Å². The van der Waals surface area contributed by atoms with Gasteiger partial charge in [0, 0.05) is 22.5 Å². The van der Waals surface area contributed by atoms with E-state index in [0.717, 1.165) is 39.0 Å². The fraction of sp³-hybridized carbons (Fsp3) is 0.261. The van der Waals surface area contributed by atoms with Crippen molar-refractivity contribution in [2.24, 2.45) is 0 Å². The summed E-state index contributed by atoms with van der Waals surface area (Å²) < 4.78 is 5.34. The number of nitrogens with zero attached hydrogens (tertiary/aromatic N) is 3. The molecule has 0 aliphatic carbocycles. The molecule has 31 heavy (non-hydrogen) atoms. The summed E-state index contributed by atoms with van der Waals surface area (Å²) >= 11 is 6.12. The first-order valence-electron chi connectivity index (χ1n) is 10.1. The normalized spacial score (nSPS) is 12.2. The van der Waals surface area contributed by atoms with Crippen molar-refractivity contribution < 1.29 is 9.63 Å². The molecule has 2 aromatic carbocycles. The Morgan fingerprint density at radius 2 is 1.97 bits per heavy atom. The lowest BCUT2D eigenvalue weighted by Gasteiger charge is -2.15. The Bertz CT molecular complexity index is 1200. The lowest BCUT2D eigenvalue weighted by molar-refractivity contribution is 0.198. The van der Waals surface area contributed by atoms with Crippen LogP contribution in [0.15, 0.2) is 47.0 Å². The highest BCUT2D eigenvalue weighted by molar-refractivity contribution is 6.30. The molecule has 1 unspecified atom stereocenters. The molecule has 0 aliphatic rings. The van der Waals surface area contributed by atoms with Crippen molar-refractivity contribution in [3.05, 3.63) is 64.5 Å². The number of aliphatic hydroxyl groups excluding tert-OH is 1. The average Bonchev–Trinajstić information content (AvgIpc) is 3.09. The maximum atomic E-state index is 10.00. The SMILES string of the molecule is CCC(O)Nc1nc(NCc2cccc(Cl)c2)c2cc(-c3c(C)noc3C)ccc2n1. The van der Waals surface area contributed by atoms with E-state index in [4.69, 9.17) is 16.1 Å². The van der Waals surface area contributed by atoms with E-state index in [1.165, 1.54) is 0 Å². The van der Waals surface area contributed by atoms with Crippen LogP contribution in [-0.2, 0) is 6.54 Å². The van der Waals surface area contributed by atoms with Crippen molar-refractivity contribution in [2.45, 2.75) is 40.0 Å². The van der Waals surface area contributed by atoms with Gasteiger partial charge in [0.25, 0.3) is 0 Å².